The number of ether oxygens (including phenoxy) is 1. The quantitative estimate of drug-likeness (QED) is 0.260. The molecule has 6 nitrogen and oxygen atoms in total. The second-order valence-corrected chi connectivity index (χ2v) is 8.21. The first-order valence-electron chi connectivity index (χ1n) is 10.1. The largest absolute Gasteiger partial charge is 0.489 e. The summed E-state index contributed by atoms with van der Waals surface area (Å²) in [6, 6.07) is 6.44. The summed E-state index contributed by atoms with van der Waals surface area (Å²) in [5.74, 6) is 1.21. The van der Waals surface area contributed by atoms with Crippen molar-refractivity contribution >= 4 is 53.1 Å². The van der Waals surface area contributed by atoms with E-state index in [2.05, 4.69) is 20.5 Å². The monoisotopic (exact) mass is 556 g/mol. The van der Waals surface area contributed by atoms with Crippen LogP contribution in [0.15, 0.2) is 23.2 Å². The summed E-state index contributed by atoms with van der Waals surface area (Å²) in [6.45, 7) is 5.46. The summed E-state index contributed by atoms with van der Waals surface area (Å²) in [5, 5.41) is 17.8. The number of guanidine groups is 1. The van der Waals surface area contributed by atoms with Gasteiger partial charge in [0.1, 0.15) is 23.5 Å². The van der Waals surface area contributed by atoms with Gasteiger partial charge in [-0.25, -0.2) is 0 Å². The topological polar surface area (TPSA) is 69.1 Å². The van der Waals surface area contributed by atoms with E-state index in [4.69, 9.17) is 27.9 Å². The first kappa shape index (κ1) is 24.8. The molecule has 0 bridgehead atoms. The number of halogens is 3. The predicted molar refractivity (Wildman–Crippen MR) is 130 cm³/mol. The van der Waals surface area contributed by atoms with Gasteiger partial charge in [0, 0.05) is 31.7 Å². The molecule has 1 saturated heterocycles. The molecule has 0 radical (unpaired) electrons. The Labute approximate surface area is 200 Å². The molecule has 0 spiro atoms. The number of likely N-dealkylation sites (tertiary alicyclic amines) is 1. The van der Waals surface area contributed by atoms with E-state index in [1.807, 2.05) is 6.92 Å². The van der Waals surface area contributed by atoms with E-state index in [0.29, 0.717) is 21.8 Å². The minimum atomic E-state index is -0.734. The van der Waals surface area contributed by atoms with Crippen LogP contribution in [0, 0.1) is 0 Å². The zero-order valence-corrected chi connectivity index (χ0v) is 20.6. The van der Waals surface area contributed by atoms with E-state index in [1.54, 1.807) is 18.2 Å². The second-order valence-electron chi connectivity index (χ2n) is 7.42. The molecular weight excluding hydrogens is 526 g/mol. The molecule has 1 aromatic rings. The van der Waals surface area contributed by atoms with Crippen LogP contribution in [-0.2, 0) is 0 Å². The number of aliphatic imine (C=N–C) groups is 1. The number of nitrogens with zero attached hydrogens (tertiary/aromatic N) is 2. The summed E-state index contributed by atoms with van der Waals surface area (Å²) >= 11 is 12.1. The van der Waals surface area contributed by atoms with Crippen molar-refractivity contribution < 1.29 is 9.84 Å². The molecule has 0 aromatic heterocycles. The minimum Gasteiger partial charge on any atom is -0.489 e. The first-order chi connectivity index (χ1) is 13.6. The number of aliphatic hydroxyl groups is 1. The van der Waals surface area contributed by atoms with Gasteiger partial charge in [0.25, 0.3) is 0 Å². The fourth-order valence-electron chi connectivity index (χ4n) is 3.39. The van der Waals surface area contributed by atoms with Crippen molar-refractivity contribution in [2.24, 2.45) is 4.99 Å². The Hall–Kier alpha value is -0.480. The van der Waals surface area contributed by atoms with Crippen LogP contribution in [0.4, 0.5) is 0 Å². The molecule has 1 aliphatic carbocycles. The van der Waals surface area contributed by atoms with Crippen molar-refractivity contribution in [3.63, 3.8) is 0 Å². The molecule has 2 aliphatic rings. The van der Waals surface area contributed by atoms with E-state index in [-0.39, 0.29) is 37.1 Å². The van der Waals surface area contributed by atoms with E-state index in [9.17, 15) is 5.11 Å². The SMILES string of the molecule is CCNC(=NCC(O)COc1cccc(Cl)c1Cl)NC1CCN(C2CC2)CC1.I. The Morgan fingerprint density at radius 2 is 2.00 bits per heavy atom. The molecule has 3 N–H and O–H groups in total. The number of aliphatic hydroxyl groups excluding tert-OH is 1. The van der Waals surface area contributed by atoms with Crippen LogP contribution in [0.1, 0.15) is 32.6 Å². The summed E-state index contributed by atoms with van der Waals surface area (Å²) < 4.78 is 5.58. The van der Waals surface area contributed by atoms with E-state index in [0.717, 1.165) is 44.5 Å². The highest BCUT2D eigenvalue weighted by atomic mass is 127. The molecule has 29 heavy (non-hydrogen) atoms. The second kappa shape index (κ2) is 12.4. The number of hydrogen-bond acceptors (Lipinski definition) is 4. The Morgan fingerprint density at radius 3 is 2.66 bits per heavy atom. The maximum absolute atomic E-state index is 10.2. The zero-order chi connectivity index (χ0) is 19.9. The van der Waals surface area contributed by atoms with Gasteiger partial charge in [-0.15, -0.1) is 24.0 Å². The first-order valence-corrected chi connectivity index (χ1v) is 10.9. The molecule has 3 rings (SSSR count). The van der Waals surface area contributed by atoms with E-state index in [1.165, 1.54) is 12.8 Å². The normalized spacial score (nSPS) is 19.4. The van der Waals surface area contributed by atoms with Crippen molar-refractivity contribution in [1.29, 1.82) is 0 Å². The van der Waals surface area contributed by atoms with Crippen LogP contribution in [0.2, 0.25) is 10.0 Å². The van der Waals surface area contributed by atoms with Gasteiger partial charge in [-0.2, -0.15) is 0 Å². The predicted octanol–water partition coefficient (Wildman–Crippen LogP) is 3.53. The average Bonchev–Trinajstić information content (AvgIpc) is 3.53. The Kier molecular flexibility index (Phi) is 10.6. The highest BCUT2D eigenvalue weighted by Gasteiger charge is 2.31. The molecule has 1 saturated carbocycles. The van der Waals surface area contributed by atoms with Gasteiger partial charge >= 0.3 is 0 Å². The third-order valence-electron chi connectivity index (χ3n) is 5.09. The lowest BCUT2D eigenvalue weighted by molar-refractivity contribution is 0.114. The number of rotatable bonds is 8. The molecular formula is C20H31Cl2IN4O2. The van der Waals surface area contributed by atoms with E-state index >= 15 is 0 Å². The standard InChI is InChI=1S/C20H30Cl2N4O2.HI/c1-2-23-20(25-14-8-10-26(11-9-14)15-6-7-15)24-12-16(27)13-28-18-5-3-4-17(21)19(18)22;/h3-5,14-16,27H,2,6-13H2,1H3,(H2,23,24,25);1H. The third-order valence-corrected chi connectivity index (χ3v) is 5.89. The van der Waals surface area contributed by atoms with Crippen molar-refractivity contribution in [2.45, 2.75) is 50.8 Å². The molecule has 0 amide bonds. The van der Waals surface area contributed by atoms with Crippen LogP contribution in [0.25, 0.3) is 0 Å². The fourth-order valence-corrected chi connectivity index (χ4v) is 3.74. The summed E-state index contributed by atoms with van der Waals surface area (Å²) in [5.41, 5.74) is 0. The number of benzene rings is 1. The molecule has 164 valence electrons. The molecule has 1 atom stereocenters. The van der Waals surface area contributed by atoms with Gasteiger partial charge in [0.2, 0.25) is 0 Å². The lowest BCUT2D eigenvalue weighted by atomic mass is 10.1. The van der Waals surface area contributed by atoms with Crippen LogP contribution in [0.5, 0.6) is 5.75 Å². The molecule has 1 aliphatic heterocycles. The molecule has 1 unspecified atom stereocenters. The summed E-state index contributed by atoms with van der Waals surface area (Å²) in [6.07, 6.45) is 4.24. The molecule has 2 fully saturated rings. The molecule has 9 heteroatoms. The fraction of sp³-hybridized carbons (Fsp3) is 0.650. The van der Waals surface area contributed by atoms with Crippen LogP contribution in [0.3, 0.4) is 0 Å². The van der Waals surface area contributed by atoms with Crippen molar-refractivity contribution in [1.82, 2.24) is 15.5 Å². The van der Waals surface area contributed by atoms with E-state index < -0.39 is 6.10 Å². The molecule has 1 heterocycles. The smallest absolute Gasteiger partial charge is 0.191 e. The maximum Gasteiger partial charge on any atom is 0.191 e. The highest BCUT2D eigenvalue weighted by molar-refractivity contribution is 14.0. The third kappa shape index (κ3) is 7.94. The Morgan fingerprint density at radius 1 is 1.28 bits per heavy atom. The summed E-state index contributed by atoms with van der Waals surface area (Å²) in [7, 11) is 0. The Balaban J connectivity index is 0.00000300. The summed E-state index contributed by atoms with van der Waals surface area (Å²) in [4.78, 5) is 7.12. The highest BCUT2D eigenvalue weighted by Crippen LogP contribution is 2.31. The van der Waals surface area contributed by atoms with Crippen molar-refractivity contribution in [2.75, 3.05) is 32.8 Å². The minimum absolute atomic E-state index is 0. The lowest BCUT2D eigenvalue weighted by Gasteiger charge is -2.33. The Bertz CT molecular complexity index is 668. The number of nitrogens with one attached hydrogen (secondary N) is 2. The van der Waals surface area contributed by atoms with Gasteiger partial charge in [0.05, 0.1) is 11.6 Å². The van der Waals surface area contributed by atoms with Gasteiger partial charge in [-0.1, -0.05) is 29.3 Å². The number of piperidine rings is 1. The lowest BCUT2D eigenvalue weighted by Crippen LogP contribution is -2.49. The average molecular weight is 557 g/mol. The van der Waals surface area contributed by atoms with Crippen molar-refractivity contribution in [3.8, 4) is 5.75 Å². The van der Waals surface area contributed by atoms with Gasteiger partial charge in [-0.05, 0) is 44.7 Å². The van der Waals surface area contributed by atoms with Crippen LogP contribution in [-0.4, -0.2) is 66.9 Å². The maximum atomic E-state index is 10.2. The van der Waals surface area contributed by atoms with Crippen LogP contribution >= 0.6 is 47.2 Å². The van der Waals surface area contributed by atoms with Gasteiger partial charge in [0.15, 0.2) is 5.96 Å². The van der Waals surface area contributed by atoms with Crippen molar-refractivity contribution in [3.05, 3.63) is 28.2 Å². The van der Waals surface area contributed by atoms with Gasteiger partial charge in [-0.3, -0.25) is 4.99 Å². The van der Waals surface area contributed by atoms with Crippen LogP contribution < -0.4 is 15.4 Å². The zero-order valence-electron chi connectivity index (χ0n) is 16.7. The number of hydrogen-bond donors (Lipinski definition) is 3. The van der Waals surface area contributed by atoms with Gasteiger partial charge < -0.3 is 25.4 Å². The molecule has 1 aromatic carbocycles.